The third kappa shape index (κ3) is 2.29. The highest BCUT2D eigenvalue weighted by molar-refractivity contribution is 9.10. The van der Waals surface area contributed by atoms with Gasteiger partial charge in [-0.15, -0.1) is 0 Å². The largest absolute Gasteiger partial charge is 0.481 e. The van der Waals surface area contributed by atoms with Gasteiger partial charge in [0, 0.05) is 0 Å². The van der Waals surface area contributed by atoms with Gasteiger partial charge < -0.3 is 15.2 Å². The predicted octanol–water partition coefficient (Wildman–Crippen LogP) is 3.32. The second kappa shape index (κ2) is 4.78. The number of hydrogen-bond donors (Lipinski definition) is 1. The van der Waals surface area contributed by atoms with E-state index in [1.807, 2.05) is 0 Å². The van der Waals surface area contributed by atoms with E-state index in [9.17, 15) is 20.0 Å². The van der Waals surface area contributed by atoms with Gasteiger partial charge in [0.15, 0.2) is 0 Å². The van der Waals surface area contributed by atoms with E-state index in [4.69, 9.17) is 0 Å². The number of halogens is 1. The Morgan fingerprint density at radius 1 is 1.43 bits per heavy atom. The molecule has 0 saturated heterocycles. The normalized spacial score (nSPS) is 38.0. The summed E-state index contributed by atoms with van der Waals surface area (Å²) in [5.74, 6) is 0.123. The van der Waals surface area contributed by atoms with E-state index in [0.29, 0.717) is 16.3 Å². The van der Waals surface area contributed by atoms with Crippen LogP contribution in [0.1, 0.15) is 44.9 Å². The Hall–Kier alpha value is -1.44. The third-order valence-electron chi connectivity index (χ3n) is 5.99. The summed E-state index contributed by atoms with van der Waals surface area (Å²) < 4.78 is 2.16. The summed E-state index contributed by atoms with van der Waals surface area (Å²) in [6, 6.07) is 0. The molecule has 0 spiro atoms. The first kappa shape index (κ1) is 15.1. The number of carbonyl (C=O) groups is 1. The summed E-state index contributed by atoms with van der Waals surface area (Å²) in [7, 11) is 0. The van der Waals surface area contributed by atoms with Crippen LogP contribution in [0.2, 0.25) is 0 Å². The van der Waals surface area contributed by atoms with Crippen molar-refractivity contribution in [2.45, 2.75) is 50.5 Å². The van der Waals surface area contributed by atoms with Crippen molar-refractivity contribution in [2.24, 2.45) is 17.3 Å². The molecule has 1 aromatic heterocycles. The van der Waals surface area contributed by atoms with Crippen LogP contribution in [0.3, 0.4) is 0 Å². The zero-order valence-electron chi connectivity index (χ0n) is 12.6. The van der Waals surface area contributed by atoms with E-state index in [-0.39, 0.29) is 23.2 Å². The number of rotatable bonds is 4. The van der Waals surface area contributed by atoms with Gasteiger partial charge in [0.05, 0.1) is 23.3 Å². The van der Waals surface area contributed by atoms with Gasteiger partial charge in [0.1, 0.15) is 4.47 Å². The fraction of sp³-hybridized carbons (Fsp3) is 0.733. The number of carboxylic acids is 1. The van der Waals surface area contributed by atoms with Crippen molar-refractivity contribution in [3.63, 3.8) is 0 Å². The van der Waals surface area contributed by atoms with Crippen molar-refractivity contribution in [3.8, 4) is 0 Å². The number of aliphatic carboxylic acids is 1. The van der Waals surface area contributed by atoms with Gasteiger partial charge in [-0.05, 0) is 76.6 Å². The molecule has 4 atom stereocenters. The van der Waals surface area contributed by atoms with Gasteiger partial charge in [0.25, 0.3) is 0 Å². The highest BCUT2D eigenvalue weighted by Gasteiger charge is 2.60. The maximum Gasteiger partial charge on any atom is 0.404 e. The third-order valence-corrected chi connectivity index (χ3v) is 6.55. The number of aromatic nitrogens is 2. The van der Waals surface area contributed by atoms with Crippen LogP contribution in [0.15, 0.2) is 10.7 Å². The molecule has 5 rings (SSSR count). The second-order valence-electron chi connectivity index (χ2n) is 7.76. The first-order chi connectivity index (χ1) is 10.8. The van der Waals surface area contributed by atoms with Crippen LogP contribution in [-0.4, -0.2) is 25.8 Å². The summed E-state index contributed by atoms with van der Waals surface area (Å²) in [5.41, 5.74) is -0.417. The Balaban J connectivity index is 1.74. The number of nitro groups is 1. The van der Waals surface area contributed by atoms with E-state index in [2.05, 4.69) is 21.0 Å². The lowest BCUT2D eigenvalue weighted by Crippen LogP contribution is -2.57. The Labute approximate surface area is 141 Å². The molecular weight excluding hydrogens is 366 g/mol. The minimum absolute atomic E-state index is 0.159. The molecule has 0 amide bonds. The molecule has 7 nitrogen and oxygen atoms in total. The van der Waals surface area contributed by atoms with E-state index in [0.717, 1.165) is 38.5 Å². The van der Waals surface area contributed by atoms with Crippen LogP contribution in [0.5, 0.6) is 0 Å². The lowest BCUT2D eigenvalue weighted by Gasteiger charge is -2.60. The fourth-order valence-corrected chi connectivity index (χ4v) is 6.33. The highest BCUT2D eigenvalue weighted by atomic mass is 79.9. The SMILES string of the molecule is O=C(O)CC12C[C@H]3C[C@@H](C1)CC(n1cc(Br)c([N+](=O)[O-])n1)(C3)C2. The number of nitrogens with zero attached hydrogens (tertiary/aromatic N) is 3. The first-order valence-corrected chi connectivity index (χ1v) is 8.72. The molecule has 4 fully saturated rings. The van der Waals surface area contributed by atoms with E-state index < -0.39 is 10.9 Å². The summed E-state index contributed by atoms with van der Waals surface area (Å²) in [6.07, 6.45) is 7.70. The molecule has 4 bridgehead atoms. The van der Waals surface area contributed by atoms with Crippen LogP contribution in [-0.2, 0) is 10.3 Å². The van der Waals surface area contributed by atoms with Gasteiger partial charge in [0.2, 0.25) is 0 Å². The lowest BCUT2D eigenvalue weighted by molar-refractivity contribution is -0.390. The maximum absolute atomic E-state index is 11.4. The summed E-state index contributed by atoms with van der Waals surface area (Å²) >= 11 is 3.23. The van der Waals surface area contributed by atoms with Gasteiger partial charge in [-0.25, -0.2) is 0 Å². The minimum atomic E-state index is -0.741. The van der Waals surface area contributed by atoms with Crippen molar-refractivity contribution in [2.75, 3.05) is 0 Å². The second-order valence-corrected chi connectivity index (χ2v) is 8.61. The molecule has 23 heavy (non-hydrogen) atoms. The number of carboxylic acid groups (broad SMARTS) is 1. The zero-order chi connectivity index (χ0) is 16.4. The number of hydrogen-bond acceptors (Lipinski definition) is 4. The van der Waals surface area contributed by atoms with Gasteiger partial charge in [-0.3, -0.25) is 4.79 Å². The monoisotopic (exact) mass is 383 g/mol. The predicted molar refractivity (Wildman–Crippen MR) is 83.9 cm³/mol. The molecule has 124 valence electrons. The lowest BCUT2D eigenvalue weighted by atomic mass is 9.46. The van der Waals surface area contributed by atoms with E-state index in [1.54, 1.807) is 10.9 Å². The quantitative estimate of drug-likeness (QED) is 0.634. The maximum atomic E-state index is 11.4. The molecule has 2 unspecified atom stereocenters. The van der Waals surface area contributed by atoms with Crippen molar-refractivity contribution < 1.29 is 14.8 Å². The topological polar surface area (TPSA) is 98.3 Å². The first-order valence-electron chi connectivity index (χ1n) is 7.93. The van der Waals surface area contributed by atoms with Gasteiger partial charge in [-0.2, -0.15) is 4.68 Å². The molecule has 0 aliphatic heterocycles. The molecule has 8 heteroatoms. The van der Waals surface area contributed by atoms with Crippen LogP contribution < -0.4 is 0 Å². The Bertz CT molecular complexity index is 687. The van der Waals surface area contributed by atoms with Gasteiger partial charge >= 0.3 is 11.8 Å². The highest BCUT2D eigenvalue weighted by Crippen LogP contribution is 2.65. The smallest absolute Gasteiger partial charge is 0.404 e. The van der Waals surface area contributed by atoms with Crippen LogP contribution in [0.4, 0.5) is 5.82 Å². The molecule has 4 saturated carbocycles. The molecule has 4 aliphatic rings. The Morgan fingerprint density at radius 2 is 2.09 bits per heavy atom. The van der Waals surface area contributed by atoms with E-state index >= 15 is 0 Å². The summed E-state index contributed by atoms with van der Waals surface area (Å²) in [6.45, 7) is 0. The molecule has 0 aromatic carbocycles. The van der Waals surface area contributed by atoms with Crippen molar-refractivity contribution in [3.05, 3.63) is 20.8 Å². The van der Waals surface area contributed by atoms with Crippen molar-refractivity contribution in [1.82, 2.24) is 9.78 Å². The zero-order valence-corrected chi connectivity index (χ0v) is 14.2. The molecular formula is C15H18BrN3O4. The van der Waals surface area contributed by atoms with Crippen LogP contribution >= 0.6 is 15.9 Å². The van der Waals surface area contributed by atoms with Crippen molar-refractivity contribution in [1.29, 1.82) is 0 Å². The summed E-state index contributed by atoms with van der Waals surface area (Å²) in [4.78, 5) is 22.0. The fourth-order valence-electron chi connectivity index (χ4n) is 5.91. The van der Waals surface area contributed by atoms with Gasteiger partial charge in [-0.1, -0.05) is 0 Å². The molecule has 0 radical (unpaired) electrons. The molecule has 1 heterocycles. The molecule has 1 aromatic rings. The van der Waals surface area contributed by atoms with Crippen LogP contribution in [0.25, 0.3) is 0 Å². The molecule has 4 aliphatic carbocycles. The standard InChI is InChI=1S/C15H18BrN3O4/c16-11-7-18(17-13(11)19(22)23)15-4-9-1-10(5-15)3-14(2-9,8-15)6-12(20)21/h7,9-10H,1-6,8H2,(H,20,21)/t9-,10+,14?,15?. The van der Waals surface area contributed by atoms with Crippen molar-refractivity contribution >= 4 is 27.7 Å². The van der Waals surface area contributed by atoms with Crippen LogP contribution in [0, 0.1) is 27.4 Å². The average Bonchev–Trinajstić information content (AvgIpc) is 2.78. The van der Waals surface area contributed by atoms with E-state index in [1.165, 1.54) is 0 Å². The Kier molecular flexibility index (Phi) is 3.14. The molecule has 1 N–H and O–H groups in total. The Morgan fingerprint density at radius 3 is 2.61 bits per heavy atom. The minimum Gasteiger partial charge on any atom is -0.481 e. The average molecular weight is 384 g/mol. The summed E-state index contributed by atoms with van der Waals surface area (Å²) in [5, 5.41) is 24.7.